The number of aromatic nitrogens is 1. The van der Waals surface area contributed by atoms with Crippen molar-refractivity contribution < 1.29 is 0 Å². The summed E-state index contributed by atoms with van der Waals surface area (Å²) in [5.41, 5.74) is 1.29. The zero-order chi connectivity index (χ0) is 12.0. The first-order valence-electron chi connectivity index (χ1n) is 5.87. The SMILES string of the molecule is CC(C)C(CNCc1ccncc1)N(C)C. The average molecular weight is 221 g/mol. The van der Waals surface area contributed by atoms with E-state index in [2.05, 4.69) is 43.1 Å². The molecule has 1 atom stereocenters. The fraction of sp³-hybridized carbons (Fsp3) is 0.615. The van der Waals surface area contributed by atoms with Crippen LogP contribution in [0.25, 0.3) is 0 Å². The van der Waals surface area contributed by atoms with Crippen molar-refractivity contribution >= 4 is 0 Å². The van der Waals surface area contributed by atoms with Gasteiger partial charge in [-0.3, -0.25) is 4.98 Å². The molecule has 0 radical (unpaired) electrons. The van der Waals surface area contributed by atoms with E-state index in [9.17, 15) is 0 Å². The maximum absolute atomic E-state index is 4.01. The van der Waals surface area contributed by atoms with Crippen molar-refractivity contribution in [3.63, 3.8) is 0 Å². The van der Waals surface area contributed by atoms with Crippen molar-refractivity contribution in [1.29, 1.82) is 0 Å². The van der Waals surface area contributed by atoms with E-state index in [1.54, 1.807) is 0 Å². The fourth-order valence-corrected chi connectivity index (χ4v) is 1.88. The number of nitrogens with zero attached hydrogens (tertiary/aromatic N) is 2. The second-order valence-electron chi connectivity index (χ2n) is 4.76. The molecule has 1 rings (SSSR count). The second-order valence-corrected chi connectivity index (χ2v) is 4.76. The summed E-state index contributed by atoms with van der Waals surface area (Å²) in [5, 5.41) is 3.50. The van der Waals surface area contributed by atoms with E-state index in [1.807, 2.05) is 24.5 Å². The van der Waals surface area contributed by atoms with Crippen LogP contribution in [0.15, 0.2) is 24.5 Å². The van der Waals surface area contributed by atoms with Crippen LogP contribution in [0, 0.1) is 5.92 Å². The fourth-order valence-electron chi connectivity index (χ4n) is 1.88. The molecule has 1 aromatic rings. The highest BCUT2D eigenvalue weighted by Gasteiger charge is 2.14. The minimum atomic E-state index is 0.585. The number of pyridine rings is 1. The first-order chi connectivity index (χ1) is 7.61. The van der Waals surface area contributed by atoms with Crippen molar-refractivity contribution in [1.82, 2.24) is 15.2 Å². The molecule has 0 aromatic carbocycles. The lowest BCUT2D eigenvalue weighted by Gasteiger charge is -2.28. The molecule has 3 heteroatoms. The highest BCUT2D eigenvalue weighted by molar-refractivity contribution is 5.09. The minimum Gasteiger partial charge on any atom is -0.311 e. The molecule has 0 aliphatic rings. The number of likely N-dealkylation sites (N-methyl/N-ethyl adjacent to an activating group) is 1. The van der Waals surface area contributed by atoms with E-state index < -0.39 is 0 Å². The van der Waals surface area contributed by atoms with Gasteiger partial charge in [-0.1, -0.05) is 13.8 Å². The Kier molecular flexibility index (Phi) is 5.43. The van der Waals surface area contributed by atoms with E-state index in [1.165, 1.54) is 5.56 Å². The summed E-state index contributed by atoms with van der Waals surface area (Å²) in [4.78, 5) is 6.29. The molecule has 0 amide bonds. The minimum absolute atomic E-state index is 0.585. The third-order valence-corrected chi connectivity index (χ3v) is 2.86. The summed E-state index contributed by atoms with van der Waals surface area (Å²) in [5.74, 6) is 0.667. The van der Waals surface area contributed by atoms with Crippen LogP contribution >= 0.6 is 0 Å². The van der Waals surface area contributed by atoms with Crippen molar-refractivity contribution in [2.45, 2.75) is 26.4 Å². The Bertz CT molecular complexity index is 274. The maximum Gasteiger partial charge on any atom is 0.0271 e. The standard InChI is InChI=1S/C13H23N3/c1-11(2)13(16(3)4)10-15-9-12-5-7-14-8-6-12/h5-8,11,13,15H,9-10H2,1-4H3. The zero-order valence-electron chi connectivity index (χ0n) is 10.8. The van der Waals surface area contributed by atoms with Gasteiger partial charge in [0.15, 0.2) is 0 Å². The van der Waals surface area contributed by atoms with E-state index in [0.717, 1.165) is 13.1 Å². The molecule has 1 N–H and O–H groups in total. The van der Waals surface area contributed by atoms with Crippen LogP contribution in [0.3, 0.4) is 0 Å². The molecular formula is C13H23N3. The van der Waals surface area contributed by atoms with Gasteiger partial charge in [-0.25, -0.2) is 0 Å². The van der Waals surface area contributed by atoms with Crippen molar-refractivity contribution in [3.8, 4) is 0 Å². The Hall–Kier alpha value is -0.930. The van der Waals surface area contributed by atoms with E-state index in [0.29, 0.717) is 12.0 Å². The van der Waals surface area contributed by atoms with Crippen molar-refractivity contribution in [2.75, 3.05) is 20.6 Å². The molecule has 1 unspecified atom stereocenters. The highest BCUT2D eigenvalue weighted by atomic mass is 15.1. The van der Waals surface area contributed by atoms with E-state index in [-0.39, 0.29) is 0 Å². The van der Waals surface area contributed by atoms with E-state index in [4.69, 9.17) is 0 Å². The normalized spacial score (nSPS) is 13.4. The topological polar surface area (TPSA) is 28.2 Å². The van der Waals surface area contributed by atoms with Gasteiger partial charge in [0.1, 0.15) is 0 Å². The van der Waals surface area contributed by atoms with Crippen LogP contribution in [0.2, 0.25) is 0 Å². The summed E-state index contributed by atoms with van der Waals surface area (Å²) in [6, 6.07) is 4.68. The molecule has 1 aromatic heterocycles. The quantitative estimate of drug-likeness (QED) is 0.793. The summed E-state index contributed by atoms with van der Waals surface area (Å²) in [6.45, 7) is 6.46. The van der Waals surface area contributed by atoms with Gasteiger partial charge in [0.05, 0.1) is 0 Å². The van der Waals surface area contributed by atoms with Gasteiger partial charge < -0.3 is 10.2 Å². The van der Waals surface area contributed by atoms with Gasteiger partial charge in [-0.05, 0) is 37.7 Å². The van der Waals surface area contributed by atoms with Gasteiger partial charge in [0.25, 0.3) is 0 Å². The second kappa shape index (κ2) is 6.61. The lowest BCUT2D eigenvalue weighted by Crippen LogP contribution is -2.41. The van der Waals surface area contributed by atoms with Crippen LogP contribution in [0.5, 0.6) is 0 Å². The largest absolute Gasteiger partial charge is 0.311 e. The molecule has 1 heterocycles. The summed E-state index contributed by atoms with van der Waals surface area (Å²) >= 11 is 0. The highest BCUT2D eigenvalue weighted by Crippen LogP contribution is 2.06. The third-order valence-electron chi connectivity index (χ3n) is 2.86. The molecule has 0 aliphatic carbocycles. The first-order valence-corrected chi connectivity index (χ1v) is 5.87. The van der Waals surface area contributed by atoms with Crippen LogP contribution in [0.4, 0.5) is 0 Å². The Morgan fingerprint density at radius 1 is 1.25 bits per heavy atom. The summed E-state index contributed by atoms with van der Waals surface area (Å²) in [6.07, 6.45) is 3.67. The zero-order valence-corrected chi connectivity index (χ0v) is 10.8. The van der Waals surface area contributed by atoms with E-state index >= 15 is 0 Å². The lowest BCUT2D eigenvalue weighted by atomic mass is 10.0. The maximum atomic E-state index is 4.01. The monoisotopic (exact) mass is 221 g/mol. The Morgan fingerprint density at radius 3 is 2.38 bits per heavy atom. The van der Waals surface area contributed by atoms with Crippen LogP contribution in [-0.4, -0.2) is 36.6 Å². The number of rotatable bonds is 6. The predicted octanol–water partition coefficient (Wildman–Crippen LogP) is 1.76. The lowest BCUT2D eigenvalue weighted by molar-refractivity contribution is 0.224. The molecule has 0 saturated carbocycles. The van der Waals surface area contributed by atoms with Gasteiger partial charge >= 0.3 is 0 Å². The van der Waals surface area contributed by atoms with Crippen molar-refractivity contribution in [2.24, 2.45) is 5.92 Å². The molecule has 0 bridgehead atoms. The van der Waals surface area contributed by atoms with Gasteiger partial charge in [0, 0.05) is 31.5 Å². The number of nitrogens with one attached hydrogen (secondary N) is 1. The third kappa shape index (κ3) is 4.29. The molecule has 0 spiro atoms. The predicted molar refractivity (Wildman–Crippen MR) is 68.3 cm³/mol. The Labute approximate surface area is 98.9 Å². The first kappa shape index (κ1) is 13.1. The molecule has 90 valence electrons. The summed E-state index contributed by atoms with van der Waals surface area (Å²) < 4.78 is 0. The van der Waals surface area contributed by atoms with Gasteiger partial charge in [-0.15, -0.1) is 0 Å². The molecule has 16 heavy (non-hydrogen) atoms. The van der Waals surface area contributed by atoms with Crippen LogP contribution < -0.4 is 5.32 Å². The molecule has 0 aliphatic heterocycles. The smallest absolute Gasteiger partial charge is 0.0271 e. The van der Waals surface area contributed by atoms with Gasteiger partial charge in [-0.2, -0.15) is 0 Å². The molecular weight excluding hydrogens is 198 g/mol. The molecule has 3 nitrogen and oxygen atoms in total. The van der Waals surface area contributed by atoms with Crippen LogP contribution in [-0.2, 0) is 6.54 Å². The Balaban J connectivity index is 2.34. The van der Waals surface area contributed by atoms with Crippen molar-refractivity contribution in [3.05, 3.63) is 30.1 Å². The Morgan fingerprint density at radius 2 is 1.88 bits per heavy atom. The number of hydrogen-bond acceptors (Lipinski definition) is 3. The van der Waals surface area contributed by atoms with Gasteiger partial charge in [0.2, 0.25) is 0 Å². The number of hydrogen-bond donors (Lipinski definition) is 1. The molecule has 0 saturated heterocycles. The summed E-state index contributed by atoms with van der Waals surface area (Å²) in [7, 11) is 4.28. The molecule has 0 fully saturated rings. The van der Waals surface area contributed by atoms with Crippen LogP contribution in [0.1, 0.15) is 19.4 Å². The average Bonchev–Trinajstić information content (AvgIpc) is 2.24.